The maximum atomic E-state index is 13.1. The largest absolute Gasteiger partial charge is 0.444 e. The van der Waals surface area contributed by atoms with Crippen LogP contribution in [0, 0.1) is 12.3 Å². The molecule has 0 aliphatic carbocycles. The smallest absolute Gasteiger partial charge is 0.277 e. The second kappa shape index (κ2) is 8.79. The Balaban J connectivity index is 1.20. The van der Waals surface area contributed by atoms with E-state index in [1.54, 1.807) is 13.8 Å². The minimum absolute atomic E-state index is 0.165. The lowest BCUT2D eigenvalue weighted by Gasteiger charge is -2.55. The van der Waals surface area contributed by atoms with Gasteiger partial charge in [-0.3, -0.25) is 14.4 Å². The van der Waals surface area contributed by atoms with Crippen LogP contribution in [0.5, 0.6) is 0 Å². The Morgan fingerprint density at radius 3 is 2.70 bits per heavy atom. The van der Waals surface area contributed by atoms with Gasteiger partial charge in [0.15, 0.2) is 5.69 Å². The molecular formula is C28H31N5O4. The number of fused-ring (bicyclic) bond motifs is 1. The number of ether oxygens (including phenoxy) is 1. The van der Waals surface area contributed by atoms with E-state index in [1.807, 2.05) is 54.2 Å². The highest BCUT2D eigenvalue weighted by Crippen LogP contribution is 2.37. The van der Waals surface area contributed by atoms with Gasteiger partial charge in [0.2, 0.25) is 5.89 Å². The number of anilines is 1. The molecule has 4 heterocycles. The Morgan fingerprint density at radius 2 is 2.00 bits per heavy atom. The predicted octanol–water partition coefficient (Wildman–Crippen LogP) is 3.81. The minimum atomic E-state index is -1.19. The van der Waals surface area contributed by atoms with E-state index >= 15 is 0 Å². The molecule has 6 rings (SSSR count). The summed E-state index contributed by atoms with van der Waals surface area (Å²) in [4.78, 5) is 19.9. The molecule has 2 aliphatic heterocycles. The summed E-state index contributed by atoms with van der Waals surface area (Å²) in [5, 5.41) is 19.4. The van der Waals surface area contributed by atoms with Gasteiger partial charge in [0.25, 0.3) is 5.91 Å². The molecule has 4 aromatic rings. The van der Waals surface area contributed by atoms with Gasteiger partial charge in [0.1, 0.15) is 6.26 Å². The number of rotatable bonds is 7. The fourth-order valence-corrected chi connectivity index (χ4v) is 5.20. The number of aryl methyl sites for hydroxylation is 1. The predicted molar refractivity (Wildman–Crippen MR) is 139 cm³/mol. The molecule has 0 atom stereocenters. The number of likely N-dealkylation sites (tertiary alicyclic amines) is 1. The topological polar surface area (TPSA) is 106 Å². The van der Waals surface area contributed by atoms with E-state index in [0.717, 1.165) is 61.4 Å². The molecule has 0 radical (unpaired) electrons. The summed E-state index contributed by atoms with van der Waals surface area (Å²) < 4.78 is 12.9. The molecule has 2 aliphatic rings. The number of aliphatic hydroxyl groups is 1. The van der Waals surface area contributed by atoms with Gasteiger partial charge < -0.3 is 19.6 Å². The van der Waals surface area contributed by atoms with Gasteiger partial charge in [-0.1, -0.05) is 17.7 Å². The number of oxazole rings is 1. The molecule has 9 heteroatoms. The first-order valence-corrected chi connectivity index (χ1v) is 12.6. The number of benzene rings is 2. The number of amides is 1. The molecular weight excluding hydrogens is 470 g/mol. The highest BCUT2D eigenvalue weighted by atomic mass is 16.5. The lowest BCUT2D eigenvalue weighted by atomic mass is 9.78. The minimum Gasteiger partial charge on any atom is -0.444 e. The van der Waals surface area contributed by atoms with E-state index < -0.39 is 11.5 Å². The van der Waals surface area contributed by atoms with Crippen molar-refractivity contribution in [3.63, 3.8) is 0 Å². The van der Waals surface area contributed by atoms with Crippen LogP contribution in [0.1, 0.15) is 35.5 Å². The number of hydrogen-bond acceptors (Lipinski definition) is 7. The Bertz CT molecular complexity index is 1470. The molecule has 2 fully saturated rings. The molecule has 192 valence electrons. The summed E-state index contributed by atoms with van der Waals surface area (Å²) in [5.41, 5.74) is 3.12. The Labute approximate surface area is 215 Å². The molecule has 2 aromatic heterocycles. The number of carbonyl (C=O) groups excluding carboxylic acids is 1. The average Bonchev–Trinajstić information content (AvgIpc) is 3.43. The van der Waals surface area contributed by atoms with E-state index in [9.17, 15) is 9.90 Å². The molecule has 37 heavy (non-hydrogen) atoms. The fraction of sp³-hybridized carbons (Fsp3) is 0.393. The Hall–Kier alpha value is -3.53. The second-order valence-corrected chi connectivity index (χ2v) is 11.0. The highest BCUT2D eigenvalue weighted by Gasteiger charge is 2.48. The van der Waals surface area contributed by atoms with E-state index in [1.165, 1.54) is 6.26 Å². The van der Waals surface area contributed by atoms with Crippen LogP contribution in [0.3, 0.4) is 0 Å². The molecule has 9 nitrogen and oxygen atoms in total. The molecule has 0 saturated carbocycles. The van der Waals surface area contributed by atoms with Gasteiger partial charge >= 0.3 is 0 Å². The normalized spacial score (nSPS) is 17.1. The molecule has 1 amide bonds. The Morgan fingerprint density at radius 1 is 1.19 bits per heavy atom. The van der Waals surface area contributed by atoms with Gasteiger partial charge in [0.05, 0.1) is 30.9 Å². The zero-order chi connectivity index (χ0) is 25.8. The number of aromatic nitrogens is 3. The van der Waals surface area contributed by atoms with Crippen LogP contribution in [-0.4, -0.2) is 63.5 Å². The number of nitrogens with one attached hydrogen (secondary N) is 1. The fourth-order valence-electron chi connectivity index (χ4n) is 5.20. The van der Waals surface area contributed by atoms with E-state index in [-0.39, 0.29) is 5.69 Å². The van der Waals surface area contributed by atoms with Crippen molar-refractivity contribution in [2.24, 2.45) is 5.41 Å². The van der Waals surface area contributed by atoms with Crippen LogP contribution in [0.15, 0.2) is 53.3 Å². The van der Waals surface area contributed by atoms with Crippen LogP contribution in [0.4, 0.5) is 5.69 Å². The summed E-state index contributed by atoms with van der Waals surface area (Å²) in [6, 6.07) is 11.4. The third-order valence-electron chi connectivity index (χ3n) is 7.18. The first-order chi connectivity index (χ1) is 17.7. The summed E-state index contributed by atoms with van der Waals surface area (Å²) in [5.74, 6) is -0.0298. The van der Waals surface area contributed by atoms with Crippen molar-refractivity contribution < 1.29 is 19.1 Å². The highest BCUT2D eigenvalue weighted by molar-refractivity contribution is 6.04. The van der Waals surface area contributed by atoms with Crippen molar-refractivity contribution in [1.82, 2.24) is 19.7 Å². The van der Waals surface area contributed by atoms with Crippen molar-refractivity contribution >= 4 is 22.5 Å². The first kappa shape index (κ1) is 23.8. The third kappa shape index (κ3) is 4.66. The van der Waals surface area contributed by atoms with E-state index in [2.05, 4.69) is 15.2 Å². The summed E-state index contributed by atoms with van der Waals surface area (Å²) >= 11 is 0. The van der Waals surface area contributed by atoms with Crippen LogP contribution in [0.25, 0.3) is 22.4 Å². The van der Waals surface area contributed by atoms with Crippen molar-refractivity contribution in [2.45, 2.75) is 32.9 Å². The lowest BCUT2D eigenvalue weighted by molar-refractivity contribution is -0.189. The number of carbonyl (C=O) groups is 1. The maximum Gasteiger partial charge on any atom is 0.277 e. The van der Waals surface area contributed by atoms with Gasteiger partial charge in [-0.05, 0) is 45.0 Å². The van der Waals surface area contributed by atoms with Crippen molar-refractivity contribution in [3.05, 3.63) is 65.7 Å². The van der Waals surface area contributed by atoms with Gasteiger partial charge in [-0.25, -0.2) is 4.98 Å². The van der Waals surface area contributed by atoms with Crippen molar-refractivity contribution in [3.8, 4) is 11.5 Å². The second-order valence-electron chi connectivity index (χ2n) is 11.0. The van der Waals surface area contributed by atoms with Gasteiger partial charge in [-0.15, -0.1) is 0 Å². The maximum absolute atomic E-state index is 13.1. The van der Waals surface area contributed by atoms with Gasteiger partial charge in [-0.2, -0.15) is 5.10 Å². The van der Waals surface area contributed by atoms with Crippen molar-refractivity contribution in [2.75, 3.05) is 38.2 Å². The van der Waals surface area contributed by atoms with Crippen LogP contribution >= 0.6 is 0 Å². The van der Waals surface area contributed by atoms with Crippen molar-refractivity contribution in [1.29, 1.82) is 0 Å². The Kier molecular flexibility index (Phi) is 5.67. The monoisotopic (exact) mass is 501 g/mol. The molecule has 2 N–H and O–H groups in total. The molecule has 0 bridgehead atoms. The summed E-state index contributed by atoms with van der Waals surface area (Å²) in [6.45, 7) is 11.0. The number of hydrogen-bond donors (Lipinski definition) is 2. The molecule has 2 aromatic carbocycles. The van der Waals surface area contributed by atoms with E-state index in [0.29, 0.717) is 22.6 Å². The summed E-state index contributed by atoms with van der Waals surface area (Å²) in [6.07, 6.45) is 3.33. The zero-order valence-electron chi connectivity index (χ0n) is 21.3. The number of nitrogens with zero attached hydrogens (tertiary/aromatic N) is 4. The zero-order valence-corrected chi connectivity index (χ0v) is 21.3. The summed E-state index contributed by atoms with van der Waals surface area (Å²) in [7, 11) is 0. The van der Waals surface area contributed by atoms with Crippen LogP contribution in [-0.2, 0) is 16.9 Å². The molecule has 0 unspecified atom stereocenters. The van der Waals surface area contributed by atoms with Crippen LogP contribution < -0.4 is 5.32 Å². The van der Waals surface area contributed by atoms with Crippen LogP contribution in [0.2, 0.25) is 0 Å². The van der Waals surface area contributed by atoms with Gasteiger partial charge in [0, 0.05) is 53.4 Å². The quantitative estimate of drug-likeness (QED) is 0.397. The lowest BCUT2D eigenvalue weighted by Crippen LogP contribution is -2.66. The average molecular weight is 502 g/mol. The first-order valence-electron chi connectivity index (χ1n) is 12.6. The third-order valence-corrected chi connectivity index (χ3v) is 7.18. The molecule has 2 saturated heterocycles. The standard InChI is InChI=1S/C28H31N5O4/c1-18-5-4-6-19(9-18)26-30-24(13-37-26)25(34)29-23-10-20-12-33(31-22(20)11-21(23)27(2,3)35)8-7-32-14-28(15-32)16-36-17-28/h4-6,9-13,35H,7-8,14-17H2,1-3H3,(H,29,34). The molecule has 1 spiro atoms. The van der Waals surface area contributed by atoms with E-state index in [4.69, 9.17) is 14.3 Å². The SMILES string of the molecule is Cc1cccc(-c2nc(C(=O)Nc3cc4cn(CCN5CC6(COC6)C5)nc4cc3C(C)(C)O)co2)c1.